The van der Waals surface area contributed by atoms with E-state index in [9.17, 15) is 24.9 Å². The summed E-state index contributed by atoms with van der Waals surface area (Å²) in [6.07, 6.45) is -4.60. The molecule has 33 heavy (non-hydrogen) atoms. The number of aliphatic hydroxyl groups excluding tert-OH is 1. The first kappa shape index (κ1) is 31.6. The fourth-order valence-corrected chi connectivity index (χ4v) is 2.82. The molecule has 0 spiro atoms. The van der Waals surface area contributed by atoms with Gasteiger partial charge in [-0.05, 0) is 52.9 Å². The summed E-state index contributed by atoms with van der Waals surface area (Å²) in [5.74, 6) is -4.93. The van der Waals surface area contributed by atoms with E-state index in [-0.39, 0.29) is 32.1 Å². The van der Waals surface area contributed by atoms with Crippen LogP contribution in [0.5, 0.6) is 0 Å². The molecule has 0 fully saturated rings. The van der Waals surface area contributed by atoms with E-state index in [4.69, 9.17) is 25.2 Å². The molecule has 0 bridgehead atoms. The number of ether oxygens (including phenoxy) is 2. The highest BCUT2D eigenvalue weighted by atomic mass is 17.2. The molecule has 196 valence electrons. The van der Waals surface area contributed by atoms with Crippen molar-refractivity contribution in [1.82, 2.24) is 0 Å². The Hall–Kier alpha value is -1.42. The molecule has 6 N–H and O–H groups in total. The van der Waals surface area contributed by atoms with Gasteiger partial charge < -0.3 is 35.0 Å². The van der Waals surface area contributed by atoms with Crippen molar-refractivity contribution in [3.05, 3.63) is 0 Å². The first-order chi connectivity index (χ1) is 15.1. The Morgan fingerprint density at radius 1 is 0.818 bits per heavy atom. The van der Waals surface area contributed by atoms with Crippen molar-refractivity contribution in [2.45, 2.75) is 101 Å². The number of carbonyl (C=O) groups is 2. The standard InChI is InChI=1S/C20H38O13/c1-18(2,25)11-12-19(3,20(26,27)10-8-6-7-9-13(21)22)33-32-15(17(24)30-5)14(31-28)16(23)29-4/h13-15,21-22,25-28H,6-12H2,1-5H3. The van der Waals surface area contributed by atoms with Crippen LogP contribution in [0, 0.1) is 0 Å². The fourth-order valence-electron chi connectivity index (χ4n) is 2.82. The van der Waals surface area contributed by atoms with Crippen molar-refractivity contribution < 1.29 is 64.5 Å². The number of methoxy groups -OCH3 is 2. The van der Waals surface area contributed by atoms with Crippen molar-refractivity contribution in [3.8, 4) is 0 Å². The third-order valence-corrected chi connectivity index (χ3v) is 5.14. The van der Waals surface area contributed by atoms with Crippen LogP contribution in [0.4, 0.5) is 0 Å². The van der Waals surface area contributed by atoms with Crippen LogP contribution in [-0.4, -0.2) is 92.4 Å². The Kier molecular flexibility index (Phi) is 13.5. The molecule has 0 aromatic carbocycles. The molecule has 0 radical (unpaired) electrons. The zero-order valence-electron chi connectivity index (χ0n) is 19.7. The summed E-state index contributed by atoms with van der Waals surface area (Å²) in [6, 6.07) is 0. The summed E-state index contributed by atoms with van der Waals surface area (Å²) in [5.41, 5.74) is -3.16. The Morgan fingerprint density at radius 3 is 1.82 bits per heavy atom. The van der Waals surface area contributed by atoms with Crippen LogP contribution in [-0.2, 0) is 33.7 Å². The minimum atomic E-state index is -2.54. The molecule has 0 aromatic rings. The summed E-state index contributed by atoms with van der Waals surface area (Å²) in [5, 5.41) is 58.5. The summed E-state index contributed by atoms with van der Waals surface area (Å²) < 4.78 is 8.95. The monoisotopic (exact) mass is 486 g/mol. The van der Waals surface area contributed by atoms with Crippen molar-refractivity contribution >= 4 is 11.9 Å². The predicted molar refractivity (Wildman–Crippen MR) is 110 cm³/mol. The highest BCUT2D eigenvalue weighted by Crippen LogP contribution is 2.36. The summed E-state index contributed by atoms with van der Waals surface area (Å²) in [6.45, 7) is 4.25. The molecule has 3 unspecified atom stereocenters. The van der Waals surface area contributed by atoms with E-state index in [1.54, 1.807) is 0 Å². The van der Waals surface area contributed by atoms with Crippen molar-refractivity contribution in [2.75, 3.05) is 14.2 Å². The predicted octanol–water partition coefficient (Wildman–Crippen LogP) is -0.241. The quantitative estimate of drug-likeness (QED) is 0.0517. The third kappa shape index (κ3) is 11.0. The first-order valence-corrected chi connectivity index (χ1v) is 10.5. The van der Waals surface area contributed by atoms with Crippen LogP contribution in [0.25, 0.3) is 0 Å². The van der Waals surface area contributed by atoms with Crippen molar-refractivity contribution in [3.63, 3.8) is 0 Å². The molecule has 3 atom stereocenters. The molecule has 13 nitrogen and oxygen atoms in total. The first-order valence-electron chi connectivity index (χ1n) is 10.5. The van der Waals surface area contributed by atoms with E-state index >= 15 is 0 Å². The van der Waals surface area contributed by atoms with Crippen molar-refractivity contribution in [2.24, 2.45) is 0 Å². The second-order valence-electron chi connectivity index (χ2n) is 8.61. The molecule has 0 rings (SSSR count). The second kappa shape index (κ2) is 14.1. The van der Waals surface area contributed by atoms with Gasteiger partial charge in [-0.2, -0.15) is 0 Å². The zero-order valence-corrected chi connectivity index (χ0v) is 19.7. The van der Waals surface area contributed by atoms with Gasteiger partial charge in [0, 0.05) is 6.42 Å². The highest BCUT2D eigenvalue weighted by Gasteiger charge is 2.50. The van der Waals surface area contributed by atoms with Gasteiger partial charge in [-0.3, -0.25) is 5.26 Å². The van der Waals surface area contributed by atoms with Crippen molar-refractivity contribution in [1.29, 1.82) is 0 Å². The molecule has 0 amide bonds. The minimum Gasteiger partial charge on any atom is -0.467 e. The summed E-state index contributed by atoms with van der Waals surface area (Å²) in [7, 11) is 1.95. The fraction of sp³-hybridized carbons (Fsp3) is 0.900. The zero-order chi connectivity index (χ0) is 25.9. The lowest BCUT2D eigenvalue weighted by molar-refractivity contribution is -0.447. The molecule has 0 aliphatic carbocycles. The normalized spacial score (nSPS) is 16.2. The maximum Gasteiger partial charge on any atom is 0.341 e. The van der Waals surface area contributed by atoms with E-state index in [0.717, 1.165) is 14.2 Å². The lowest BCUT2D eigenvalue weighted by Crippen LogP contribution is -2.56. The van der Waals surface area contributed by atoms with Gasteiger partial charge in [-0.25, -0.2) is 24.3 Å². The number of carbonyl (C=O) groups excluding carboxylic acids is 2. The number of hydrogen-bond donors (Lipinski definition) is 6. The number of unbranched alkanes of at least 4 members (excludes halogenated alkanes) is 2. The Balaban J connectivity index is 5.61. The van der Waals surface area contributed by atoms with Crippen LogP contribution in [0.3, 0.4) is 0 Å². The molecule has 0 aromatic heterocycles. The Labute approximate surface area is 192 Å². The van der Waals surface area contributed by atoms with Gasteiger partial charge in [0.25, 0.3) is 0 Å². The molecular formula is C20H38O13. The molecule has 0 aliphatic heterocycles. The van der Waals surface area contributed by atoms with Crippen LogP contribution in [0.1, 0.15) is 65.7 Å². The van der Waals surface area contributed by atoms with Crippen LogP contribution in [0.2, 0.25) is 0 Å². The maximum atomic E-state index is 12.1. The number of hydrogen-bond acceptors (Lipinski definition) is 13. The molecule has 0 saturated carbocycles. The lowest BCUT2D eigenvalue weighted by atomic mass is 9.83. The summed E-state index contributed by atoms with van der Waals surface area (Å²) >= 11 is 0. The van der Waals surface area contributed by atoms with Gasteiger partial charge in [-0.1, -0.05) is 6.42 Å². The van der Waals surface area contributed by atoms with Gasteiger partial charge in [0.2, 0.25) is 12.2 Å². The number of esters is 2. The van der Waals surface area contributed by atoms with Gasteiger partial charge in [-0.15, -0.1) is 0 Å². The van der Waals surface area contributed by atoms with Crippen LogP contribution >= 0.6 is 0 Å². The van der Waals surface area contributed by atoms with Gasteiger partial charge in [0.1, 0.15) is 0 Å². The minimum absolute atomic E-state index is 0.0201. The number of aliphatic hydroxyl groups is 5. The van der Waals surface area contributed by atoms with Crippen LogP contribution in [0.15, 0.2) is 0 Å². The van der Waals surface area contributed by atoms with Gasteiger partial charge in [0.05, 0.1) is 19.8 Å². The average molecular weight is 487 g/mol. The van der Waals surface area contributed by atoms with Gasteiger partial charge >= 0.3 is 11.9 Å². The lowest BCUT2D eigenvalue weighted by Gasteiger charge is -2.41. The summed E-state index contributed by atoms with van der Waals surface area (Å²) in [4.78, 5) is 38.2. The largest absolute Gasteiger partial charge is 0.467 e. The van der Waals surface area contributed by atoms with E-state index in [2.05, 4.69) is 14.4 Å². The Bertz CT molecular complexity index is 587. The average Bonchev–Trinajstić information content (AvgIpc) is 2.72. The molecular weight excluding hydrogens is 448 g/mol. The maximum absolute atomic E-state index is 12.1. The third-order valence-electron chi connectivity index (χ3n) is 5.14. The van der Waals surface area contributed by atoms with Crippen LogP contribution < -0.4 is 0 Å². The molecule has 0 saturated heterocycles. The second-order valence-corrected chi connectivity index (χ2v) is 8.61. The smallest absolute Gasteiger partial charge is 0.341 e. The topological polar surface area (TPSA) is 202 Å². The van der Waals surface area contributed by atoms with E-state index in [0.29, 0.717) is 12.8 Å². The van der Waals surface area contributed by atoms with E-state index < -0.39 is 47.4 Å². The molecule has 13 heteroatoms. The SMILES string of the molecule is COC(=O)C(OO)C(OOC(C)(CCC(C)(C)O)C(O)(O)CCCCCC(O)O)C(=O)OC. The van der Waals surface area contributed by atoms with E-state index in [1.807, 2.05) is 0 Å². The molecule has 0 aliphatic rings. The Morgan fingerprint density at radius 2 is 1.36 bits per heavy atom. The van der Waals surface area contributed by atoms with Gasteiger partial charge in [0.15, 0.2) is 17.7 Å². The molecule has 0 heterocycles. The number of rotatable bonds is 17. The van der Waals surface area contributed by atoms with E-state index in [1.165, 1.54) is 20.8 Å². The highest BCUT2D eigenvalue weighted by molar-refractivity contribution is 5.85.